The standard InChI is InChI=1S/C9H13NO4S/c1-15(13,14)6-2-3-9(12)7(4-6)8(10)5-11/h2-4,8,11-12H,5,10H2,1H3/t8-/m1/s1. The summed E-state index contributed by atoms with van der Waals surface area (Å²) in [6.07, 6.45) is 1.06. The van der Waals surface area contributed by atoms with Crippen molar-refractivity contribution in [2.75, 3.05) is 12.9 Å². The molecule has 1 aromatic rings. The van der Waals surface area contributed by atoms with E-state index in [0.717, 1.165) is 6.26 Å². The van der Waals surface area contributed by atoms with Gasteiger partial charge in [0.1, 0.15) is 5.75 Å². The number of aliphatic hydroxyl groups excluding tert-OH is 1. The number of aromatic hydroxyl groups is 1. The fourth-order valence-electron chi connectivity index (χ4n) is 1.16. The van der Waals surface area contributed by atoms with Gasteiger partial charge < -0.3 is 15.9 Å². The van der Waals surface area contributed by atoms with Crippen LogP contribution in [0.15, 0.2) is 23.1 Å². The van der Waals surface area contributed by atoms with Gasteiger partial charge in [0.15, 0.2) is 9.84 Å². The molecule has 0 spiro atoms. The summed E-state index contributed by atoms with van der Waals surface area (Å²) in [6.45, 7) is -0.360. The second kappa shape index (κ2) is 4.18. The number of hydrogen-bond acceptors (Lipinski definition) is 5. The van der Waals surface area contributed by atoms with Gasteiger partial charge in [-0.05, 0) is 18.2 Å². The third-order valence-electron chi connectivity index (χ3n) is 2.02. The van der Waals surface area contributed by atoms with Crippen molar-refractivity contribution in [3.05, 3.63) is 23.8 Å². The van der Waals surface area contributed by atoms with Gasteiger partial charge in [-0.1, -0.05) is 0 Å². The second-order valence-corrected chi connectivity index (χ2v) is 5.30. The highest BCUT2D eigenvalue weighted by molar-refractivity contribution is 7.90. The van der Waals surface area contributed by atoms with Crippen molar-refractivity contribution in [2.45, 2.75) is 10.9 Å². The molecule has 6 heteroatoms. The van der Waals surface area contributed by atoms with Crippen molar-refractivity contribution in [3.8, 4) is 5.75 Å². The molecule has 1 aromatic carbocycles. The van der Waals surface area contributed by atoms with Crippen molar-refractivity contribution in [3.63, 3.8) is 0 Å². The summed E-state index contributed by atoms with van der Waals surface area (Å²) in [5.74, 6) is -0.121. The molecule has 0 fully saturated rings. The van der Waals surface area contributed by atoms with Gasteiger partial charge in [-0.25, -0.2) is 8.42 Å². The van der Waals surface area contributed by atoms with Gasteiger partial charge in [-0.3, -0.25) is 0 Å². The van der Waals surface area contributed by atoms with E-state index in [1.54, 1.807) is 0 Å². The van der Waals surface area contributed by atoms with Crippen LogP contribution in [0.2, 0.25) is 0 Å². The minimum atomic E-state index is -3.33. The molecular weight excluding hydrogens is 218 g/mol. The van der Waals surface area contributed by atoms with Crippen LogP contribution >= 0.6 is 0 Å². The van der Waals surface area contributed by atoms with E-state index in [4.69, 9.17) is 10.8 Å². The maximum atomic E-state index is 11.2. The molecule has 0 bridgehead atoms. The van der Waals surface area contributed by atoms with Gasteiger partial charge in [0.05, 0.1) is 17.5 Å². The lowest BCUT2D eigenvalue weighted by molar-refractivity contribution is 0.265. The highest BCUT2D eigenvalue weighted by Gasteiger charge is 2.14. The van der Waals surface area contributed by atoms with Crippen molar-refractivity contribution in [2.24, 2.45) is 5.73 Å². The Hall–Kier alpha value is -1.11. The Labute approximate surface area is 88.1 Å². The highest BCUT2D eigenvalue weighted by atomic mass is 32.2. The van der Waals surface area contributed by atoms with Gasteiger partial charge in [-0.15, -0.1) is 0 Å². The van der Waals surface area contributed by atoms with Crippen LogP contribution in [0.4, 0.5) is 0 Å². The van der Waals surface area contributed by atoms with E-state index in [1.165, 1.54) is 18.2 Å². The van der Waals surface area contributed by atoms with Gasteiger partial charge >= 0.3 is 0 Å². The molecule has 84 valence electrons. The topological polar surface area (TPSA) is 101 Å². The molecule has 0 aliphatic carbocycles. The Kier molecular flexibility index (Phi) is 3.33. The maximum Gasteiger partial charge on any atom is 0.175 e. The van der Waals surface area contributed by atoms with Crippen LogP contribution in [-0.4, -0.2) is 31.5 Å². The Balaban J connectivity index is 3.29. The predicted octanol–water partition coefficient (Wildman–Crippen LogP) is -0.212. The van der Waals surface area contributed by atoms with E-state index in [9.17, 15) is 13.5 Å². The molecule has 1 rings (SSSR count). The number of hydrogen-bond donors (Lipinski definition) is 3. The summed E-state index contributed by atoms with van der Waals surface area (Å²) < 4.78 is 22.4. The predicted molar refractivity (Wildman–Crippen MR) is 55.2 cm³/mol. The first kappa shape index (κ1) is 12.0. The average Bonchev–Trinajstić information content (AvgIpc) is 2.15. The van der Waals surface area contributed by atoms with Crippen molar-refractivity contribution in [1.29, 1.82) is 0 Å². The normalized spacial score (nSPS) is 13.8. The molecule has 5 nitrogen and oxygen atoms in total. The number of benzene rings is 1. The van der Waals surface area contributed by atoms with E-state index in [1.807, 2.05) is 0 Å². The van der Waals surface area contributed by atoms with Crippen LogP contribution in [-0.2, 0) is 9.84 Å². The summed E-state index contributed by atoms with van der Waals surface area (Å²) in [7, 11) is -3.33. The maximum absolute atomic E-state index is 11.2. The van der Waals surface area contributed by atoms with Crippen molar-refractivity contribution < 1.29 is 18.6 Å². The molecule has 0 saturated carbocycles. The fourth-order valence-corrected chi connectivity index (χ4v) is 1.81. The molecule has 0 heterocycles. The first-order valence-corrected chi connectivity index (χ1v) is 6.15. The summed E-state index contributed by atoms with van der Waals surface area (Å²) in [6, 6.07) is 3.03. The molecule has 0 amide bonds. The zero-order chi connectivity index (χ0) is 11.6. The third-order valence-corrected chi connectivity index (χ3v) is 3.13. The van der Waals surface area contributed by atoms with Crippen LogP contribution < -0.4 is 5.73 Å². The summed E-state index contributed by atoms with van der Waals surface area (Å²) in [5.41, 5.74) is 5.73. The number of sulfone groups is 1. The average molecular weight is 231 g/mol. The molecular formula is C9H13NO4S. The summed E-state index contributed by atoms with van der Waals surface area (Å²) in [5, 5.41) is 18.2. The van der Waals surface area contributed by atoms with Gasteiger partial charge in [0.2, 0.25) is 0 Å². The van der Waals surface area contributed by atoms with E-state index in [2.05, 4.69) is 0 Å². The van der Waals surface area contributed by atoms with Gasteiger partial charge in [0, 0.05) is 11.8 Å². The lowest BCUT2D eigenvalue weighted by Gasteiger charge is -2.11. The van der Waals surface area contributed by atoms with E-state index >= 15 is 0 Å². The largest absolute Gasteiger partial charge is 0.508 e. The molecule has 0 unspecified atom stereocenters. The zero-order valence-electron chi connectivity index (χ0n) is 8.21. The number of rotatable bonds is 3. The molecule has 0 aliphatic rings. The van der Waals surface area contributed by atoms with Crippen LogP contribution in [0.25, 0.3) is 0 Å². The number of phenolic OH excluding ortho intramolecular Hbond substituents is 1. The smallest absolute Gasteiger partial charge is 0.175 e. The van der Waals surface area contributed by atoms with Crippen LogP contribution in [0, 0.1) is 0 Å². The number of phenols is 1. The van der Waals surface area contributed by atoms with E-state index in [-0.39, 0.29) is 22.8 Å². The summed E-state index contributed by atoms with van der Waals surface area (Å²) >= 11 is 0. The van der Waals surface area contributed by atoms with Gasteiger partial charge in [-0.2, -0.15) is 0 Å². The Morgan fingerprint density at radius 1 is 1.47 bits per heavy atom. The first-order valence-electron chi connectivity index (χ1n) is 4.25. The lowest BCUT2D eigenvalue weighted by Crippen LogP contribution is -2.15. The SMILES string of the molecule is CS(=O)(=O)c1ccc(O)c([C@H](N)CO)c1. The third kappa shape index (κ3) is 2.68. The Bertz CT molecular complexity index is 455. The van der Waals surface area contributed by atoms with E-state index in [0.29, 0.717) is 0 Å². The van der Waals surface area contributed by atoms with E-state index < -0.39 is 15.9 Å². The number of aliphatic hydroxyl groups is 1. The van der Waals surface area contributed by atoms with Crippen LogP contribution in [0.1, 0.15) is 11.6 Å². The van der Waals surface area contributed by atoms with Crippen molar-refractivity contribution in [1.82, 2.24) is 0 Å². The Morgan fingerprint density at radius 2 is 2.07 bits per heavy atom. The van der Waals surface area contributed by atoms with Crippen molar-refractivity contribution >= 4 is 9.84 Å². The minimum absolute atomic E-state index is 0.0687. The van der Waals surface area contributed by atoms with Crippen LogP contribution in [0.3, 0.4) is 0 Å². The first-order chi connectivity index (χ1) is 6.86. The zero-order valence-corrected chi connectivity index (χ0v) is 9.03. The van der Waals surface area contributed by atoms with Crippen LogP contribution in [0.5, 0.6) is 5.75 Å². The summed E-state index contributed by atoms with van der Waals surface area (Å²) in [4.78, 5) is 0.0687. The quantitative estimate of drug-likeness (QED) is 0.668. The minimum Gasteiger partial charge on any atom is -0.508 e. The Morgan fingerprint density at radius 3 is 2.53 bits per heavy atom. The molecule has 0 aromatic heterocycles. The molecule has 1 atom stereocenters. The molecule has 4 N–H and O–H groups in total. The van der Waals surface area contributed by atoms with Gasteiger partial charge in [0.25, 0.3) is 0 Å². The second-order valence-electron chi connectivity index (χ2n) is 3.28. The molecule has 15 heavy (non-hydrogen) atoms. The fraction of sp³-hybridized carbons (Fsp3) is 0.333. The molecule has 0 saturated heterocycles. The molecule has 0 radical (unpaired) electrons. The number of nitrogens with two attached hydrogens (primary N) is 1. The monoisotopic (exact) mass is 231 g/mol. The molecule has 0 aliphatic heterocycles. The highest BCUT2D eigenvalue weighted by Crippen LogP contribution is 2.25. The lowest BCUT2D eigenvalue weighted by atomic mass is 10.1.